The fourth-order valence-electron chi connectivity index (χ4n) is 2.34. The standard InChI is InChI=1S/C13H20N2O2S/c1-9-4-7-18-12(9)15-11(16)10-2-5-13(17,8-14)6-3-10/h4,7,10,17H,2-3,5-6,8,14H2,1H3,(H,15,16). The number of carbonyl (C=O) groups is 1. The normalized spacial score (nSPS) is 28.1. The van der Waals surface area contributed by atoms with Gasteiger partial charge in [-0.05, 0) is 49.6 Å². The zero-order valence-electron chi connectivity index (χ0n) is 10.6. The molecular formula is C13H20N2O2S. The van der Waals surface area contributed by atoms with E-state index >= 15 is 0 Å². The van der Waals surface area contributed by atoms with E-state index in [2.05, 4.69) is 5.32 Å². The highest BCUT2D eigenvalue weighted by molar-refractivity contribution is 7.14. The summed E-state index contributed by atoms with van der Waals surface area (Å²) in [5, 5.41) is 15.9. The number of nitrogens with one attached hydrogen (secondary N) is 1. The number of amides is 1. The van der Waals surface area contributed by atoms with Crippen molar-refractivity contribution in [1.82, 2.24) is 0 Å². The van der Waals surface area contributed by atoms with Crippen molar-refractivity contribution in [2.24, 2.45) is 11.7 Å². The molecule has 0 saturated heterocycles. The molecule has 1 aliphatic rings. The van der Waals surface area contributed by atoms with Gasteiger partial charge < -0.3 is 16.2 Å². The van der Waals surface area contributed by atoms with Gasteiger partial charge in [-0.15, -0.1) is 11.3 Å². The van der Waals surface area contributed by atoms with Crippen molar-refractivity contribution in [3.05, 3.63) is 17.0 Å². The highest BCUT2D eigenvalue weighted by atomic mass is 32.1. The molecule has 0 spiro atoms. The molecule has 0 aromatic carbocycles. The van der Waals surface area contributed by atoms with Gasteiger partial charge in [-0.2, -0.15) is 0 Å². The monoisotopic (exact) mass is 268 g/mol. The minimum absolute atomic E-state index is 0.00155. The second kappa shape index (κ2) is 5.38. The Balaban J connectivity index is 1.90. The molecule has 4 N–H and O–H groups in total. The maximum absolute atomic E-state index is 12.1. The van der Waals surface area contributed by atoms with Crippen LogP contribution < -0.4 is 11.1 Å². The number of nitrogens with two attached hydrogens (primary N) is 1. The van der Waals surface area contributed by atoms with Crippen LogP contribution in [0.2, 0.25) is 0 Å². The van der Waals surface area contributed by atoms with Gasteiger partial charge in [-0.1, -0.05) is 0 Å². The summed E-state index contributed by atoms with van der Waals surface area (Å²) in [7, 11) is 0. The fraction of sp³-hybridized carbons (Fsp3) is 0.615. The summed E-state index contributed by atoms with van der Waals surface area (Å²) in [6.45, 7) is 2.27. The Bertz CT molecular complexity index is 422. The molecule has 0 bridgehead atoms. The maximum Gasteiger partial charge on any atom is 0.228 e. The van der Waals surface area contributed by atoms with Crippen molar-refractivity contribution in [2.75, 3.05) is 11.9 Å². The van der Waals surface area contributed by atoms with E-state index in [4.69, 9.17) is 5.73 Å². The van der Waals surface area contributed by atoms with E-state index in [1.807, 2.05) is 18.4 Å². The first kappa shape index (κ1) is 13.5. The number of thiophene rings is 1. The van der Waals surface area contributed by atoms with Gasteiger partial charge in [0, 0.05) is 12.5 Å². The predicted octanol–water partition coefficient (Wildman–Crippen LogP) is 1.88. The van der Waals surface area contributed by atoms with E-state index in [9.17, 15) is 9.90 Å². The quantitative estimate of drug-likeness (QED) is 0.783. The molecule has 1 heterocycles. The van der Waals surface area contributed by atoms with Gasteiger partial charge in [-0.25, -0.2) is 0 Å². The van der Waals surface area contributed by atoms with E-state index in [1.165, 1.54) is 0 Å². The molecule has 1 aromatic heterocycles. The van der Waals surface area contributed by atoms with Crippen molar-refractivity contribution in [1.29, 1.82) is 0 Å². The van der Waals surface area contributed by atoms with Gasteiger partial charge >= 0.3 is 0 Å². The maximum atomic E-state index is 12.1. The third-order valence-electron chi connectivity index (χ3n) is 3.77. The van der Waals surface area contributed by atoms with Crippen molar-refractivity contribution in [3.63, 3.8) is 0 Å². The van der Waals surface area contributed by atoms with Crippen LogP contribution in [0.5, 0.6) is 0 Å². The Labute approximate surface area is 111 Å². The SMILES string of the molecule is Cc1ccsc1NC(=O)C1CCC(O)(CN)CC1. The van der Waals surface area contributed by atoms with Crippen LogP contribution in [0.1, 0.15) is 31.2 Å². The lowest BCUT2D eigenvalue weighted by molar-refractivity contribution is -0.122. The summed E-state index contributed by atoms with van der Waals surface area (Å²) in [6.07, 6.45) is 2.66. The van der Waals surface area contributed by atoms with Gasteiger partial charge in [0.15, 0.2) is 0 Å². The molecule has 1 amide bonds. The van der Waals surface area contributed by atoms with E-state index in [0.29, 0.717) is 25.7 Å². The number of carbonyl (C=O) groups excluding carboxylic acids is 1. The van der Waals surface area contributed by atoms with Crippen LogP contribution >= 0.6 is 11.3 Å². The van der Waals surface area contributed by atoms with Crippen LogP contribution in [0.25, 0.3) is 0 Å². The average molecular weight is 268 g/mol. The van der Waals surface area contributed by atoms with E-state index in [-0.39, 0.29) is 18.4 Å². The van der Waals surface area contributed by atoms with Crippen molar-refractivity contribution in [3.8, 4) is 0 Å². The number of hydrogen-bond acceptors (Lipinski definition) is 4. The lowest BCUT2D eigenvalue weighted by Crippen LogP contribution is -2.43. The largest absolute Gasteiger partial charge is 0.389 e. The molecule has 2 rings (SSSR count). The molecule has 1 fully saturated rings. The summed E-state index contributed by atoms with van der Waals surface area (Å²) in [5.74, 6) is 0.0675. The van der Waals surface area contributed by atoms with Crippen LogP contribution in [0.3, 0.4) is 0 Å². The molecule has 0 aliphatic heterocycles. The predicted molar refractivity (Wildman–Crippen MR) is 73.6 cm³/mol. The molecule has 1 aliphatic carbocycles. The van der Waals surface area contributed by atoms with Gasteiger partial charge in [0.1, 0.15) is 0 Å². The zero-order valence-corrected chi connectivity index (χ0v) is 11.4. The topological polar surface area (TPSA) is 75.3 Å². The van der Waals surface area contributed by atoms with E-state index in [1.54, 1.807) is 11.3 Å². The minimum atomic E-state index is -0.754. The number of rotatable bonds is 3. The Hall–Kier alpha value is -0.910. The molecule has 5 heteroatoms. The van der Waals surface area contributed by atoms with Crippen LogP contribution in [-0.2, 0) is 4.79 Å². The first-order valence-corrected chi connectivity index (χ1v) is 7.19. The van der Waals surface area contributed by atoms with Crippen LogP contribution in [0, 0.1) is 12.8 Å². The molecule has 18 heavy (non-hydrogen) atoms. The lowest BCUT2D eigenvalue weighted by atomic mass is 9.78. The highest BCUT2D eigenvalue weighted by Gasteiger charge is 2.34. The second-order valence-corrected chi connectivity index (χ2v) is 6.04. The molecule has 1 saturated carbocycles. The van der Waals surface area contributed by atoms with Crippen molar-refractivity contribution >= 4 is 22.2 Å². The summed E-state index contributed by atoms with van der Waals surface area (Å²) < 4.78 is 0. The Kier molecular flexibility index (Phi) is 4.04. The van der Waals surface area contributed by atoms with Crippen molar-refractivity contribution in [2.45, 2.75) is 38.2 Å². The number of anilines is 1. The molecule has 100 valence electrons. The van der Waals surface area contributed by atoms with Crippen molar-refractivity contribution < 1.29 is 9.90 Å². The minimum Gasteiger partial charge on any atom is -0.389 e. The van der Waals surface area contributed by atoms with Crippen LogP contribution in [0.4, 0.5) is 5.00 Å². The summed E-state index contributed by atoms with van der Waals surface area (Å²) in [4.78, 5) is 12.1. The molecule has 4 nitrogen and oxygen atoms in total. The molecular weight excluding hydrogens is 248 g/mol. The van der Waals surface area contributed by atoms with Gasteiger partial charge in [-0.3, -0.25) is 4.79 Å². The zero-order chi connectivity index (χ0) is 13.2. The third-order valence-corrected chi connectivity index (χ3v) is 4.70. The molecule has 0 atom stereocenters. The smallest absolute Gasteiger partial charge is 0.228 e. The number of aliphatic hydroxyl groups is 1. The van der Waals surface area contributed by atoms with E-state index in [0.717, 1.165) is 10.6 Å². The lowest BCUT2D eigenvalue weighted by Gasteiger charge is -2.34. The van der Waals surface area contributed by atoms with Gasteiger partial charge in [0.25, 0.3) is 0 Å². The Morgan fingerprint density at radius 3 is 2.78 bits per heavy atom. The Morgan fingerprint density at radius 2 is 2.28 bits per heavy atom. The fourth-order valence-corrected chi connectivity index (χ4v) is 3.16. The summed E-state index contributed by atoms with van der Waals surface area (Å²) in [6, 6.07) is 1.99. The Morgan fingerprint density at radius 1 is 1.61 bits per heavy atom. The number of aryl methyl sites for hydroxylation is 1. The first-order chi connectivity index (χ1) is 8.54. The van der Waals surface area contributed by atoms with Crippen LogP contribution in [0.15, 0.2) is 11.4 Å². The van der Waals surface area contributed by atoms with E-state index < -0.39 is 5.60 Å². The highest BCUT2D eigenvalue weighted by Crippen LogP contribution is 2.32. The van der Waals surface area contributed by atoms with Crippen LogP contribution in [-0.4, -0.2) is 23.2 Å². The number of hydrogen-bond donors (Lipinski definition) is 3. The van der Waals surface area contributed by atoms with Gasteiger partial charge in [0.2, 0.25) is 5.91 Å². The first-order valence-electron chi connectivity index (χ1n) is 6.31. The molecule has 0 unspecified atom stereocenters. The molecule has 1 aromatic rings. The summed E-state index contributed by atoms with van der Waals surface area (Å²) >= 11 is 1.54. The van der Waals surface area contributed by atoms with Gasteiger partial charge in [0.05, 0.1) is 10.6 Å². The third kappa shape index (κ3) is 2.91. The molecule has 0 radical (unpaired) electrons. The average Bonchev–Trinajstić information content (AvgIpc) is 2.76. The second-order valence-electron chi connectivity index (χ2n) is 5.12. The summed E-state index contributed by atoms with van der Waals surface area (Å²) in [5.41, 5.74) is 5.89.